The molecule has 2 aromatic carbocycles. The quantitative estimate of drug-likeness (QED) is 0.151. The molecule has 0 unspecified atom stereocenters. The first-order valence-corrected chi connectivity index (χ1v) is 11.8. The minimum absolute atomic E-state index is 0.473. The zero-order valence-electron chi connectivity index (χ0n) is 18.9. The summed E-state index contributed by atoms with van der Waals surface area (Å²) in [5.41, 5.74) is 3.69. The van der Waals surface area contributed by atoms with Crippen molar-refractivity contribution >= 4 is 12.1 Å². The molecule has 0 radical (unpaired) electrons. The maximum absolute atomic E-state index is 8.66. The lowest BCUT2D eigenvalue weighted by atomic mass is 9.76. The molecule has 4 heteroatoms. The largest absolute Gasteiger partial charge is 0.411 e. The highest BCUT2D eigenvalue weighted by atomic mass is 16.4. The first-order valence-electron chi connectivity index (χ1n) is 11.8. The summed E-state index contributed by atoms with van der Waals surface area (Å²) in [5, 5.41) is 11.9. The van der Waals surface area contributed by atoms with Crippen molar-refractivity contribution in [1.29, 1.82) is 0 Å². The minimum atomic E-state index is 0.473. The topological polar surface area (TPSA) is 48.2 Å². The van der Waals surface area contributed by atoms with Gasteiger partial charge in [-0.3, -0.25) is 4.99 Å². The Balaban J connectivity index is 1.43. The van der Waals surface area contributed by atoms with Gasteiger partial charge < -0.3 is 10.1 Å². The van der Waals surface area contributed by atoms with Crippen LogP contribution in [-0.4, -0.2) is 41.8 Å². The molecule has 1 N–H and O–H groups in total. The molecule has 0 amide bonds. The highest BCUT2D eigenvalue weighted by molar-refractivity contribution is 5.81. The molecule has 1 fully saturated rings. The predicted molar refractivity (Wildman–Crippen MR) is 130 cm³/mol. The summed E-state index contributed by atoms with van der Waals surface area (Å²) < 4.78 is 0. The van der Waals surface area contributed by atoms with Crippen LogP contribution in [0.5, 0.6) is 0 Å². The van der Waals surface area contributed by atoms with Crippen molar-refractivity contribution in [1.82, 2.24) is 4.90 Å². The summed E-state index contributed by atoms with van der Waals surface area (Å²) in [5.74, 6) is 1.14. The number of oxime groups is 1. The fraction of sp³-hybridized carbons (Fsp3) is 0.481. The van der Waals surface area contributed by atoms with Crippen molar-refractivity contribution < 1.29 is 5.21 Å². The van der Waals surface area contributed by atoms with E-state index in [2.05, 4.69) is 82.1 Å². The van der Waals surface area contributed by atoms with Crippen LogP contribution in [0.3, 0.4) is 0 Å². The lowest BCUT2D eigenvalue weighted by Crippen LogP contribution is -2.35. The van der Waals surface area contributed by atoms with E-state index < -0.39 is 0 Å². The van der Waals surface area contributed by atoms with E-state index in [0.29, 0.717) is 11.8 Å². The van der Waals surface area contributed by atoms with Crippen molar-refractivity contribution in [2.75, 3.05) is 19.6 Å². The first kappa shape index (κ1) is 23.1. The van der Waals surface area contributed by atoms with Gasteiger partial charge in [0, 0.05) is 25.6 Å². The third-order valence-corrected chi connectivity index (χ3v) is 6.35. The van der Waals surface area contributed by atoms with E-state index in [9.17, 15) is 0 Å². The van der Waals surface area contributed by atoms with Crippen LogP contribution in [0.1, 0.15) is 68.9 Å². The van der Waals surface area contributed by atoms with Crippen molar-refractivity contribution in [3.05, 3.63) is 71.8 Å². The fourth-order valence-electron chi connectivity index (χ4n) is 4.59. The fourth-order valence-corrected chi connectivity index (χ4v) is 4.59. The van der Waals surface area contributed by atoms with Gasteiger partial charge in [-0.1, -0.05) is 78.7 Å². The Labute approximate surface area is 187 Å². The normalized spacial score (nSPS) is 15.8. The van der Waals surface area contributed by atoms with Crippen molar-refractivity contribution in [3.8, 4) is 0 Å². The predicted octanol–water partition coefficient (Wildman–Crippen LogP) is 6.36. The molecular weight excluding hydrogens is 382 g/mol. The molecule has 1 saturated heterocycles. The molecule has 4 nitrogen and oxygen atoms in total. The van der Waals surface area contributed by atoms with Crippen LogP contribution in [0.4, 0.5) is 0 Å². The van der Waals surface area contributed by atoms with Crippen LogP contribution < -0.4 is 0 Å². The summed E-state index contributed by atoms with van der Waals surface area (Å²) in [6.07, 6.45) is 9.96. The Bertz CT molecular complexity index is 756. The van der Waals surface area contributed by atoms with Crippen LogP contribution in [0, 0.1) is 5.92 Å². The summed E-state index contributed by atoms with van der Waals surface area (Å²) in [6.45, 7) is 4.95. The van der Waals surface area contributed by atoms with E-state index in [1.54, 1.807) is 0 Å². The number of hydrogen-bond donors (Lipinski definition) is 1. The maximum atomic E-state index is 8.66. The zero-order valence-corrected chi connectivity index (χ0v) is 18.9. The lowest BCUT2D eigenvalue weighted by molar-refractivity contribution is 0.254. The second-order valence-electron chi connectivity index (χ2n) is 8.69. The average Bonchev–Trinajstić information content (AvgIpc) is 2.83. The van der Waals surface area contributed by atoms with Gasteiger partial charge in [0.2, 0.25) is 0 Å². The zero-order chi connectivity index (χ0) is 21.7. The number of aliphatic imine (C=N–C) groups is 1. The number of likely N-dealkylation sites (tertiary alicyclic amines) is 1. The van der Waals surface area contributed by atoms with E-state index in [4.69, 9.17) is 5.21 Å². The van der Waals surface area contributed by atoms with E-state index >= 15 is 0 Å². The van der Waals surface area contributed by atoms with E-state index in [-0.39, 0.29) is 0 Å². The van der Waals surface area contributed by atoms with Crippen molar-refractivity contribution in [3.63, 3.8) is 0 Å². The van der Waals surface area contributed by atoms with Gasteiger partial charge in [0.25, 0.3) is 0 Å². The standard InChI is InChI=1S/C27H37N3O/c1-23(29-31)12-6-2-3-11-19-28-22-30-20-17-26(18-21-30)27(24-13-7-4-8-14-24)25-15-9-5-10-16-25/h4-5,7-10,13-16,22,26-27,31H,2-3,6,11-12,17-21H2,1H3/b28-22?,29-23-. The molecule has 1 aliphatic heterocycles. The number of hydrogen-bond acceptors (Lipinski definition) is 3. The molecule has 31 heavy (non-hydrogen) atoms. The van der Waals surface area contributed by atoms with Gasteiger partial charge >= 0.3 is 0 Å². The van der Waals surface area contributed by atoms with Gasteiger partial charge in [0.1, 0.15) is 0 Å². The molecule has 0 atom stereocenters. The molecule has 0 bridgehead atoms. The van der Waals surface area contributed by atoms with Gasteiger partial charge in [0.15, 0.2) is 0 Å². The molecule has 1 heterocycles. The average molecular weight is 420 g/mol. The molecule has 0 aromatic heterocycles. The van der Waals surface area contributed by atoms with Gasteiger partial charge in [-0.2, -0.15) is 0 Å². The molecular formula is C27H37N3O. The Kier molecular flexibility index (Phi) is 9.62. The summed E-state index contributed by atoms with van der Waals surface area (Å²) in [6, 6.07) is 22.0. The van der Waals surface area contributed by atoms with Gasteiger partial charge in [-0.05, 0) is 56.1 Å². The van der Waals surface area contributed by atoms with E-state index in [1.807, 2.05) is 6.92 Å². The van der Waals surface area contributed by atoms with Crippen LogP contribution in [0.15, 0.2) is 70.8 Å². The first-order chi connectivity index (χ1) is 15.3. The highest BCUT2D eigenvalue weighted by Crippen LogP contribution is 2.37. The number of rotatable bonds is 11. The van der Waals surface area contributed by atoms with Gasteiger partial charge in [-0.25, -0.2) is 0 Å². The van der Waals surface area contributed by atoms with E-state index in [0.717, 1.165) is 44.6 Å². The number of piperidine rings is 1. The monoisotopic (exact) mass is 419 g/mol. The number of nitrogens with zero attached hydrogens (tertiary/aromatic N) is 3. The molecule has 2 aromatic rings. The Morgan fingerprint density at radius 1 is 0.935 bits per heavy atom. The number of unbranched alkanes of at least 4 members (excludes halogenated alkanes) is 3. The Morgan fingerprint density at radius 2 is 1.52 bits per heavy atom. The summed E-state index contributed by atoms with van der Waals surface area (Å²) in [4.78, 5) is 7.06. The maximum Gasteiger partial charge on any atom is 0.0849 e. The second kappa shape index (κ2) is 12.9. The summed E-state index contributed by atoms with van der Waals surface area (Å²) >= 11 is 0. The van der Waals surface area contributed by atoms with Crippen molar-refractivity contribution in [2.24, 2.45) is 16.1 Å². The van der Waals surface area contributed by atoms with Crippen LogP contribution >= 0.6 is 0 Å². The van der Waals surface area contributed by atoms with E-state index in [1.165, 1.54) is 36.8 Å². The van der Waals surface area contributed by atoms with Crippen LogP contribution in [0.25, 0.3) is 0 Å². The molecule has 166 valence electrons. The van der Waals surface area contributed by atoms with Crippen molar-refractivity contribution in [2.45, 2.75) is 57.8 Å². The molecule has 0 spiro atoms. The third-order valence-electron chi connectivity index (χ3n) is 6.35. The lowest BCUT2D eigenvalue weighted by Gasteiger charge is -2.36. The van der Waals surface area contributed by atoms with Gasteiger partial charge in [-0.15, -0.1) is 0 Å². The number of benzene rings is 2. The summed E-state index contributed by atoms with van der Waals surface area (Å²) in [7, 11) is 0. The molecule has 0 aliphatic carbocycles. The van der Waals surface area contributed by atoms with Gasteiger partial charge in [0.05, 0.1) is 12.1 Å². The molecule has 3 rings (SSSR count). The van der Waals surface area contributed by atoms with Crippen LogP contribution in [0.2, 0.25) is 0 Å². The minimum Gasteiger partial charge on any atom is -0.411 e. The van der Waals surface area contributed by atoms with Crippen LogP contribution in [-0.2, 0) is 0 Å². The SMILES string of the molecule is C/C(CCCCCCN=CN1CCC(C(c2ccccc2)c2ccccc2)CC1)=N/O. The Morgan fingerprint density at radius 3 is 2.10 bits per heavy atom. The second-order valence-corrected chi connectivity index (χ2v) is 8.69. The molecule has 1 aliphatic rings. The highest BCUT2D eigenvalue weighted by Gasteiger charge is 2.28. The smallest absolute Gasteiger partial charge is 0.0849 e. The molecule has 0 saturated carbocycles. The Hall–Kier alpha value is -2.62. The third kappa shape index (κ3) is 7.54.